The van der Waals surface area contributed by atoms with Crippen LogP contribution in [0.1, 0.15) is 27.9 Å². The van der Waals surface area contributed by atoms with Gasteiger partial charge in [0.15, 0.2) is 19.7 Å². The van der Waals surface area contributed by atoms with Crippen LogP contribution in [0.25, 0.3) is 0 Å². The Bertz CT molecular complexity index is 1190. The summed E-state index contributed by atoms with van der Waals surface area (Å²) < 4.78 is 63.4. The maximum atomic E-state index is 14.4. The van der Waals surface area contributed by atoms with Crippen molar-refractivity contribution in [3.63, 3.8) is 0 Å². The molecule has 0 spiro atoms. The van der Waals surface area contributed by atoms with Crippen molar-refractivity contribution in [1.29, 1.82) is 0 Å². The fourth-order valence-electron chi connectivity index (χ4n) is 3.88. The topological polar surface area (TPSA) is 88.6 Å². The van der Waals surface area contributed by atoms with E-state index in [2.05, 4.69) is 0 Å². The summed E-state index contributed by atoms with van der Waals surface area (Å²) in [5.74, 6) is -2.00. The Morgan fingerprint density at radius 2 is 1.83 bits per heavy atom. The zero-order valence-electron chi connectivity index (χ0n) is 15.5. The van der Waals surface area contributed by atoms with Crippen LogP contribution in [-0.4, -0.2) is 50.9 Å². The van der Waals surface area contributed by atoms with Gasteiger partial charge in [-0.3, -0.25) is 4.79 Å². The van der Waals surface area contributed by atoms with Crippen molar-refractivity contribution in [3.05, 3.63) is 65.0 Å². The molecule has 4 rings (SSSR count). The van der Waals surface area contributed by atoms with Gasteiger partial charge in [-0.1, -0.05) is 24.3 Å². The van der Waals surface area contributed by atoms with Crippen LogP contribution in [0.5, 0.6) is 0 Å². The van der Waals surface area contributed by atoms with Crippen LogP contribution in [0.4, 0.5) is 4.39 Å². The molecule has 0 N–H and O–H groups in total. The van der Waals surface area contributed by atoms with Gasteiger partial charge >= 0.3 is 0 Å². The number of amides is 1. The van der Waals surface area contributed by atoms with Crippen LogP contribution in [0.15, 0.2) is 47.4 Å². The molecular weight excluding hydrogens is 417 g/mol. The highest BCUT2D eigenvalue weighted by Gasteiger charge is 2.38. The van der Waals surface area contributed by atoms with Gasteiger partial charge in [0.25, 0.3) is 5.91 Å². The first-order valence-electron chi connectivity index (χ1n) is 9.27. The van der Waals surface area contributed by atoms with E-state index < -0.39 is 42.4 Å². The molecule has 1 atom stereocenters. The SMILES string of the molecule is O=C(c1cc(S(=O)(=O)C2CCS(=O)(=O)C2)ccc1F)N1CCc2ccccc2C1. The number of hydrogen-bond donors (Lipinski definition) is 0. The summed E-state index contributed by atoms with van der Waals surface area (Å²) in [5, 5.41) is -1.07. The van der Waals surface area contributed by atoms with E-state index in [0.717, 1.165) is 29.3 Å². The van der Waals surface area contributed by atoms with Crippen molar-refractivity contribution in [3.8, 4) is 0 Å². The third-order valence-corrected chi connectivity index (χ3v) is 9.71. The van der Waals surface area contributed by atoms with Crippen LogP contribution >= 0.6 is 0 Å². The Labute approximate surface area is 169 Å². The number of fused-ring (bicyclic) bond motifs is 1. The number of rotatable bonds is 3. The molecule has 9 heteroatoms. The molecule has 0 aromatic heterocycles. The average Bonchev–Trinajstić information content (AvgIpc) is 3.08. The fourth-order valence-corrected chi connectivity index (χ4v) is 8.27. The van der Waals surface area contributed by atoms with Crippen molar-refractivity contribution < 1.29 is 26.0 Å². The second kappa shape index (κ2) is 7.21. The molecule has 2 aliphatic heterocycles. The van der Waals surface area contributed by atoms with Crippen LogP contribution < -0.4 is 0 Å². The second-order valence-corrected chi connectivity index (χ2v) is 11.9. The molecule has 6 nitrogen and oxygen atoms in total. The minimum absolute atomic E-state index is 0.00817. The van der Waals surface area contributed by atoms with Crippen LogP contribution in [0.3, 0.4) is 0 Å². The number of sulfone groups is 2. The number of nitrogens with zero attached hydrogens (tertiary/aromatic N) is 1. The molecule has 154 valence electrons. The average molecular weight is 438 g/mol. The van der Waals surface area contributed by atoms with Crippen LogP contribution in [-0.2, 0) is 32.6 Å². The number of benzene rings is 2. The Morgan fingerprint density at radius 1 is 1.10 bits per heavy atom. The highest BCUT2D eigenvalue weighted by Crippen LogP contribution is 2.28. The monoisotopic (exact) mass is 437 g/mol. The Balaban J connectivity index is 1.63. The minimum atomic E-state index is -3.98. The first-order valence-corrected chi connectivity index (χ1v) is 12.6. The van der Waals surface area contributed by atoms with E-state index in [1.807, 2.05) is 24.3 Å². The molecule has 1 saturated heterocycles. The van der Waals surface area contributed by atoms with Gasteiger partial charge in [-0.15, -0.1) is 0 Å². The quantitative estimate of drug-likeness (QED) is 0.685. The molecule has 29 heavy (non-hydrogen) atoms. The molecule has 2 aromatic rings. The first kappa shape index (κ1) is 20.0. The summed E-state index contributed by atoms with van der Waals surface area (Å²) in [6.45, 7) is 0.736. The lowest BCUT2D eigenvalue weighted by molar-refractivity contribution is 0.0729. The summed E-state index contributed by atoms with van der Waals surface area (Å²) in [7, 11) is -7.37. The summed E-state index contributed by atoms with van der Waals surface area (Å²) in [5.41, 5.74) is 1.80. The zero-order chi connectivity index (χ0) is 20.8. The van der Waals surface area contributed by atoms with E-state index in [-0.39, 0.29) is 22.6 Å². The molecule has 1 fully saturated rings. The predicted octanol–water partition coefficient (Wildman–Crippen LogP) is 1.99. The Kier molecular flexibility index (Phi) is 4.98. The number of hydrogen-bond acceptors (Lipinski definition) is 5. The first-order chi connectivity index (χ1) is 13.7. The van der Waals surface area contributed by atoms with E-state index in [0.29, 0.717) is 19.5 Å². The normalized spacial score (nSPS) is 21.0. The second-order valence-electron chi connectivity index (χ2n) is 7.46. The summed E-state index contributed by atoms with van der Waals surface area (Å²) in [4.78, 5) is 14.2. The number of carbonyl (C=O) groups is 1. The van der Waals surface area contributed by atoms with Gasteiger partial charge in [-0.05, 0) is 42.2 Å². The molecule has 2 aromatic carbocycles. The fraction of sp³-hybridized carbons (Fsp3) is 0.350. The maximum Gasteiger partial charge on any atom is 0.257 e. The van der Waals surface area contributed by atoms with Gasteiger partial charge in [0, 0.05) is 13.1 Å². The Hall–Kier alpha value is -2.26. The molecule has 0 saturated carbocycles. The lowest BCUT2D eigenvalue weighted by atomic mass is 9.99. The number of halogens is 1. The van der Waals surface area contributed by atoms with Gasteiger partial charge in [-0.25, -0.2) is 21.2 Å². The zero-order valence-corrected chi connectivity index (χ0v) is 17.2. The van der Waals surface area contributed by atoms with E-state index in [4.69, 9.17) is 0 Å². The van der Waals surface area contributed by atoms with Crippen molar-refractivity contribution >= 4 is 25.6 Å². The van der Waals surface area contributed by atoms with Gasteiger partial charge < -0.3 is 4.90 Å². The summed E-state index contributed by atoms with van der Waals surface area (Å²) in [6.07, 6.45) is 0.648. The highest BCUT2D eigenvalue weighted by atomic mass is 32.2. The number of carbonyl (C=O) groups excluding carboxylic acids is 1. The molecule has 1 amide bonds. The standard InChI is InChI=1S/C20H20FNO5S2/c21-19-6-5-16(29(26,27)17-8-10-28(24,25)13-17)11-18(19)20(23)22-9-7-14-3-1-2-4-15(14)12-22/h1-6,11,17H,7-10,12-13H2. The minimum Gasteiger partial charge on any atom is -0.334 e. The van der Waals surface area contributed by atoms with Crippen molar-refractivity contribution in [2.24, 2.45) is 0 Å². The van der Waals surface area contributed by atoms with Gasteiger partial charge in [0.2, 0.25) is 0 Å². The van der Waals surface area contributed by atoms with E-state index in [1.165, 1.54) is 4.90 Å². The van der Waals surface area contributed by atoms with Crippen LogP contribution in [0.2, 0.25) is 0 Å². The van der Waals surface area contributed by atoms with E-state index >= 15 is 0 Å². The summed E-state index contributed by atoms with van der Waals surface area (Å²) >= 11 is 0. The lowest BCUT2D eigenvalue weighted by Crippen LogP contribution is -2.36. The van der Waals surface area contributed by atoms with E-state index in [9.17, 15) is 26.0 Å². The van der Waals surface area contributed by atoms with E-state index in [1.54, 1.807) is 0 Å². The maximum absolute atomic E-state index is 14.4. The molecule has 1 unspecified atom stereocenters. The smallest absolute Gasteiger partial charge is 0.257 e. The van der Waals surface area contributed by atoms with Gasteiger partial charge in [-0.2, -0.15) is 0 Å². The van der Waals surface area contributed by atoms with Crippen molar-refractivity contribution in [1.82, 2.24) is 4.90 Å². The van der Waals surface area contributed by atoms with Crippen molar-refractivity contribution in [2.75, 3.05) is 18.1 Å². The molecule has 2 heterocycles. The molecular formula is C20H20FNO5S2. The third kappa shape index (κ3) is 3.81. The van der Waals surface area contributed by atoms with Gasteiger partial charge in [0.05, 0.1) is 27.2 Å². The highest BCUT2D eigenvalue weighted by molar-refractivity contribution is 7.96. The largest absolute Gasteiger partial charge is 0.334 e. The van der Waals surface area contributed by atoms with Gasteiger partial charge in [0.1, 0.15) is 5.82 Å². The lowest BCUT2D eigenvalue weighted by Gasteiger charge is -2.29. The predicted molar refractivity (Wildman–Crippen MR) is 106 cm³/mol. The van der Waals surface area contributed by atoms with Crippen LogP contribution in [0, 0.1) is 5.82 Å². The summed E-state index contributed by atoms with van der Waals surface area (Å²) in [6, 6.07) is 10.8. The third-order valence-electron chi connectivity index (χ3n) is 5.54. The molecule has 0 aliphatic carbocycles. The molecule has 0 bridgehead atoms. The van der Waals surface area contributed by atoms with Crippen molar-refractivity contribution in [2.45, 2.75) is 29.5 Å². The molecule has 0 radical (unpaired) electrons. The molecule has 2 aliphatic rings. The Morgan fingerprint density at radius 3 is 2.52 bits per heavy atom.